The van der Waals surface area contributed by atoms with Crippen LogP contribution >= 0.6 is 0 Å². The van der Waals surface area contributed by atoms with Gasteiger partial charge in [0.1, 0.15) is 17.1 Å². The fraction of sp³-hybridized carbons (Fsp3) is 0.158. The van der Waals surface area contributed by atoms with Crippen molar-refractivity contribution in [2.24, 2.45) is 0 Å². The lowest BCUT2D eigenvalue weighted by Gasteiger charge is -2.26. The van der Waals surface area contributed by atoms with Gasteiger partial charge in [-0.2, -0.15) is 0 Å². The number of anilines is 1. The first-order valence-electron chi connectivity index (χ1n) is 8.01. The molecule has 8 nitrogen and oxygen atoms in total. The van der Waals surface area contributed by atoms with E-state index in [0.717, 1.165) is 10.5 Å². The Morgan fingerprint density at radius 3 is 2.52 bits per heavy atom. The SMILES string of the molecule is COc1ccc(/C=C2\C(=O)NC(=O)N(c3cccnc3)C2=O)c(OC)c1C. The number of hydrogen-bond acceptors (Lipinski definition) is 6. The standard InChI is InChI=1S/C19H17N3O5/c1-11-15(26-2)7-6-12(16(11)27-3)9-14-17(23)21-19(25)22(18(14)24)13-5-4-8-20-10-13/h4-10H,1-3H3,(H,21,23,25)/b14-9+. The number of hydrogen-bond donors (Lipinski definition) is 1. The van der Waals surface area contributed by atoms with Crippen molar-refractivity contribution in [1.29, 1.82) is 0 Å². The summed E-state index contributed by atoms with van der Waals surface area (Å²) < 4.78 is 10.7. The van der Waals surface area contributed by atoms with Crippen LogP contribution in [0.25, 0.3) is 6.08 Å². The first kappa shape index (κ1) is 18.1. The Kier molecular flexibility index (Phi) is 4.89. The Labute approximate surface area is 155 Å². The summed E-state index contributed by atoms with van der Waals surface area (Å²) in [4.78, 5) is 42.0. The van der Waals surface area contributed by atoms with Crippen molar-refractivity contribution >= 4 is 29.6 Å². The van der Waals surface area contributed by atoms with Gasteiger partial charge in [0.05, 0.1) is 26.1 Å². The van der Waals surface area contributed by atoms with E-state index in [-0.39, 0.29) is 11.3 Å². The Balaban J connectivity index is 2.08. The molecule has 27 heavy (non-hydrogen) atoms. The van der Waals surface area contributed by atoms with Crippen molar-refractivity contribution in [2.75, 3.05) is 19.1 Å². The molecule has 2 aromatic rings. The smallest absolute Gasteiger partial charge is 0.336 e. The summed E-state index contributed by atoms with van der Waals surface area (Å²) >= 11 is 0. The Bertz CT molecular complexity index is 953. The minimum atomic E-state index is -0.826. The highest BCUT2D eigenvalue weighted by molar-refractivity contribution is 6.39. The monoisotopic (exact) mass is 367 g/mol. The molecule has 138 valence electrons. The summed E-state index contributed by atoms with van der Waals surface area (Å²) in [5, 5.41) is 2.17. The maximum atomic E-state index is 12.8. The number of carbonyl (C=O) groups excluding carboxylic acids is 3. The molecular weight excluding hydrogens is 350 g/mol. The van der Waals surface area contributed by atoms with Gasteiger partial charge >= 0.3 is 6.03 Å². The van der Waals surface area contributed by atoms with Crippen LogP contribution in [-0.4, -0.2) is 37.0 Å². The quantitative estimate of drug-likeness (QED) is 0.656. The van der Waals surface area contributed by atoms with Crippen molar-refractivity contribution < 1.29 is 23.9 Å². The summed E-state index contributed by atoms with van der Waals surface area (Å²) in [6.45, 7) is 1.80. The first-order chi connectivity index (χ1) is 13.0. The van der Waals surface area contributed by atoms with Gasteiger partial charge in [0.15, 0.2) is 0 Å². The molecule has 1 fully saturated rings. The number of pyridine rings is 1. The molecule has 0 aliphatic carbocycles. The second-order valence-corrected chi connectivity index (χ2v) is 5.68. The summed E-state index contributed by atoms with van der Waals surface area (Å²) in [7, 11) is 3.02. The van der Waals surface area contributed by atoms with E-state index in [4.69, 9.17) is 9.47 Å². The molecule has 3 rings (SSSR count). The fourth-order valence-corrected chi connectivity index (χ4v) is 2.83. The van der Waals surface area contributed by atoms with Crippen LogP contribution in [0.3, 0.4) is 0 Å². The van der Waals surface area contributed by atoms with E-state index in [1.807, 2.05) is 0 Å². The predicted molar refractivity (Wildman–Crippen MR) is 97.5 cm³/mol. The first-order valence-corrected chi connectivity index (χ1v) is 8.01. The summed E-state index contributed by atoms with van der Waals surface area (Å²) in [6.07, 6.45) is 4.27. The predicted octanol–water partition coefficient (Wildman–Crippen LogP) is 2.07. The minimum Gasteiger partial charge on any atom is -0.496 e. The maximum absolute atomic E-state index is 12.8. The summed E-state index contributed by atoms with van der Waals surface area (Å²) in [6, 6.07) is 5.69. The van der Waals surface area contributed by atoms with Gasteiger partial charge in [-0.3, -0.25) is 19.9 Å². The number of methoxy groups -OCH3 is 2. The Hall–Kier alpha value is -3.68. The fourth-order valence-electron chi connectivity index (χ4n) is 2.83. The molecule has 0 atom stereocenters. The molecule has 1 aliphatic rings. The third-order valence-electron chi connectivity index (χ3n) is 4.12. The van der Waals surface area contributed by atoms with Crippen LogP contribution in [0.4, 0.5) is 10.5 Å². The van der Waals surface area contributed by atoms with Crippen molar-refractivity contribution in [3.63, 3.8) is 0 Å². The van der Waals surface area contributed by atoms with E-state index < -0.39 is 17.8 Å². The number of aromatic nitrogens is 1. The third kappa shape index (κ3) is 3.24. The molecular formula is C19H17N3O5. The van der Waals surface area contributed by atoms with Crippen LogP contribution in [0.1, 0.15) is 11.1 Å². The molecule has 0 bridgehead atoms. The number of urea groups is 1. The number of benzene rings is 1. The van der Waals surface area contributed by atoms with E-state index in [1.54, 1.807) is 31.2 Å². The topological polar surface area (TPSA) is 97.8 Å². The molecule has 0 saturated carbocycles. The number of barbiturate groups is 1. The van der Waals surface area contributed by atoms with Crippen LogP contribution in [0.15, 0.2) is 42.2 Å². The van der Waals surface area contributed by atoms with Crippen molar-refractivity contribution in [1.82, 2.24) is 10.3 Å². The maximum Gasteiger partial charge on any atom is 0.336 e. The second kappa shape index (κ2) is 7.28. The van der Waals surface area contributed by atoms with E-state index in [9.17, 15) is 14.4 Å². The van der Waals surface area contributed by atoms with Gasteiger partial charge in [-0.1, -0.05) is 0 Å². The van der Waals surface area contributed by atoms with E-state index in [0.29, 0.717) is 17.1 Å². The zero-order chi connectivity index (χ0) is 19.6. The number of nitrogens with zero attached hydrogens (tertiary/aromatic N) is 2. The lowest BCUT2D eigenvalue weighted by Crippen LogP contribution is -2.54. The van der Waals surface area contributed by atoms with Gasteiger partial charge in [-0.05, 0) is 37.3 Å². The van der Waals surface area contributed by atoms with E-state index in [2.05, 4.69) is 10.3 Å². The molecule has 8 heteroatoms. The van der Waals surface area contributed by atoms with Crippen LogP contribution in [-0.2, 0) is 9.59 Å². The van der Waals surface area contributed by atoms with Crippen molar-refractivity contribution in [3.05, 3.63) is 53.4 Å². The zero-order valence-electron chi connectivity index (χ0n) is 15.0. The normalized spacial score (nSPS) is 15.7. The summed E-state index contributed by atoms with van der Waals surface area (Å²) in [5.74, 6) is -0.444. The Morgan fingerprint density at radius 2 is 1.89 bits per heavy atom. The molecule has 2 heterocycles. The molecule has 0 unspecified atom stereocenters. The molecule has 1 aliphatic heterocycles. The van der Waals surface area contributed by atoms with Gasteiger partial charge in [-0.15, -0.1) is 0 Å². The lowest BCUT2D eigenvalue weighted by molar-refractivity contribution is -0.122. The average Bonchev–Trinajstić information content (AvgIpc) is 2.66. The largest absolute Gasteiger partial charge is 0.496 e. The lowest BCUT2D eigenvalue weighted by atomic mass is 10.0. The van der Waals surface area contributed by atoms with Crippen molar-refractivity contribution in [3.8, 4) is 11.5 Å². The van der Waals surface area contributed by atoms with Crippen molar-refractivity contribution in [2.45, 2.75) is 6.92 Å². The Morgan fingerprint density at radius 1 is 1.11 bits per heavy atom. The number of rotatable bonds is 4. The molecule has 1 aromatic carbocycles. The number of nitrogens with one attached hydrogen (secondary N) is 1. The molecule has 0 radical (unpaired) electrons. The molecule has 4 amide bonds. The van der Waals surface area contributed by atoms with Crippen LogP contribution in [0.5, 0.6) is 11.5 Å². The highest BCUT2D eigenvalue weighted by atomic mass is 16.5. The number of imide groups is 2. The van der Waals surface area contributed by atoms with Gasteiger partial charge in [-0.25, -0.2) is 9.69 Å². The molecule has 1 aromatic heterocycles. The second-order valence-electron chi connectivity index (χ2n) is 5.68. The van der Waals surface area contributed by atoms with E-state index >= 15 is 0 Å². The van der Waals surface area contributed by atoms with Crippen LogP contribution in [0, 0.1) is 6.92 Å². The van der Waals surface area contributed by atoms with Gasteiger partial charge in [0, 0.05) is 17.3 Å². The molecule has 0 spiro atoms. The van der Waals surface area contributed by atoms with Gasteiger partial charge in [0.2, 0.25) is 0 Å². The highest BCUT2D eigenvalue weighted by Gasteiger charge is 2.37. The zero-order valence-corrected chi connectivity index (χ0v) is 15.0. The minimum absolute atomic E-state index is 0.193. The van der Waals surface area contributed by atoms with Crippen LogP contribution in [0.2, 0.25) is 0 Å². The average molecular weight is 367 g/mol. The molecule has 1 saturated heterocycles. The number of amides is 4. The van der Waals surface area contributed by atoms with Gasteiger partial charge < -0.3 is 9.47 Å². The summed E-state index contributed by atoms with van der Waals surface area (Å²) in [5.41, 5.74) is 1.30. The van der Waals surface area contributed by atoms with E-state index in [1.165, 1.54) is 32.7 Å². The number of ether oxygens (including phenoxy) is 2. The molecule has 1 N–H and O–H groups in total. The number of carbonyl (C=O) groups is 3. The van der Waals surface area contributed by atoms with Crippen LogP contribution < -0.4 is 19.7 Å². The highest BCUT2D eigenvalue weighted by Crippen LogP contribution is 2.33. The third-order valence-corrected chi connectivity index (χ3v) is 4.12. The van der Waals surface area contributed by atoms with Gasteiger partial charge in [0.25, 0.3) is 11.8 Å².